The molecule has 7 heteroatoms. The number of nitrogens with zero attached hydrogens (tertiary/aromatic N) is 3. The first-order valence-electron chi connectivity index (χ1n) is 6.00. The van der Waals surface area contributed by atoms with Crippen LogP contribution >= 0.6 is 0 Å². The molecule has 0 aliphatic heterocycles. The zero-order valence-corrected chi connectivity index (χ0v) is 11.5. The SMILES string of the molecule is CCOC(=O)c1cn(-c2cc(OC)cc(OC)c2)nn1. The van der Waals surface area contributed by atoms with Gasteiger partial charge in [-0.2, -0.15) is 0 Å². The normalized spacial score (nSPS) is 10.2. The summed E-state index contributed by atoms with van der Waals surface area (Å²) >= 11 is 0. The zero-order chi connectivity index (χ0) is 14.5. The van der Waals surface area contributed by atoms with E-state index >= 15 is 0 Å². The van der Waals surface area contributed by atoms with Crippen molar-refractivity contribution in [1.29, 1.82) is 0 Å². The number of hydrogen-bond donors (Lipinski definition) is 0. The number of carbonyl (C=O) groups is 1. The molecule has 0 aliphatic carbocycles. The molecule has 2 rings (SSSR count). The number of esters is 1. The van der Waals surface area contributed by atoms with Crippen LogP contribution in [-0.2, 0) is 4.74 Å². The Morgan fingerprint density at radius 1 is 1.20 bits per heavy atom. The first-order valence-corrected chi connectivity index (χ1v) is 6.00. The van der Waals surface area contributed by atoms with Gasteiger partial charge >= 0.3 is 5.97 Å². The second kappa shape index (κ2) is 6.05. The maximum absolute atomic E-state index is 11.5. The van der Waals surface area contributed by atoms with Gasteiger partial charge in [0, 0.05) is 18.2 Å². The van der Waals surface area contributed by atoms with Crippen LogP contribution in [0.15, 0.2) is 24.4 Å². The number of hydrogen-bond acceptors (Lipinski definition) is 6. The Hall–Kier alpha value is -2.57. The van der Waals surface area contributed by atoms with Gasteiger partial charge in [0.25, 0.3) is 0 Å². The third kappa shape index (κ3) is 2.87. The van der Waals surface area contributed by atoms with Crippen molar-refractivity contribution in [2.45, 2.75) is 6.92 Å². The van der Waals surface area contributed by atoms with Crippen LogP contribution in [0.3, 0.4) is 0 Å². The lowest BCUT2D eigenvalue weighted by Gasteiger charge is -2.07. The fraction of sp³-hybridized carbons (Fsp3) is 0.308. The molecule has 1 heterocycles. The van der Waals surface area contributed by atoms with Crippen LogP contribution in [0.5, 0.6) is 11.5 Å². The number of benzene rings is 1. The van der Waals surface area contributed by atoms with Crippen LogP contribution in [0.1, 0.15) is 17.4 Å². The molecule has 0 bridgehead atoms. The minimum atomic E-state index is -0.506. The molecule has 0 saturated heterocycles. The molecule has 7 nitrogen and oxygen atoms in total. The Morgan fingerprint density at radius 3 is 2.40 bits per heavy atom. The average Bonchev–Trinajstić information content (AvgIpc) is 2.97. The minimum absolute atomic E-state index is 0.147. The number of aromatic nitrogens is 3. The molecule has 0 amide bonds. The first kappa shape index (κ1) is 13.9. The molecule has 0 N–H and O–H groups in total. The standard InChI is InChI=1S/C13H15N3O4/c1-4-20-13(17)12-8-16(15-14-12)9-5-10(18-2)7-11(6-9)19-3/h5-8H,4H2,1-3H3. The van der Waals surface area contributed by atoms with Gasteiger partial charge in [0.2, 0.25) is 0 Å². The second-order valence-corrected chi connectivity index (χ2v) is 3.84. The summed E-state index contributed by atoms with van der Waals surface area (Å²) in [6.07, 6.45) is 1.49. The van der Waals surface area contributed by atoms with Crippen molar-refractivity contribution in [3.8, 4) is 17.2 Å². The van der Waals surface area contributed by atoms with Gasteiger partial charge in [-0.15, -0.1) is 5.10 Å². The highest BCUT2D eigenvalue weighted by Crippen LogP contribution is 2.24. The molecule has 1 aromatic carbocycles. The van der Waals surface area contributed by atoms with Crippen molar-refractivity contribution in [3.63, 3.8) is 0 Å². The molecule has 0 saturated carbocycles. The van der Waals surface area contributed by atoms with Gasteiger partial charge in [-0.05, 0) is 6.92 Å². The van der Waals surface area contributed by atoms with Crippen LogP contribution in [0, 0.1) is 0 Å². The topological polar surface area (TPSA) is 75.5 Å². The Morgan fingerprint density at radius 2 is 1.85 bits per heavy atom. The van der Waals surface area contributed by atoms with Gasteiger partial charge in [-0.1, -0.05) is 5.21 Å². The highest BCUT2D eigenvalue weighted by molar-refractivity contribution is 5.86. The molecule has 0 atom stereocenters. The van der Waals surface area contributed by atoms with Crippen LogP contribution < -0.4 is 9.47 Å². The highest BCUT2D eigenvalue weighted by atomic mass is 16.5. The molecule has 1 aromatic heterocycles. The fourth-order valence-electron chi connectivity index (χ4n) is 1.61. The van der Waals surface area contributed by atoms with E-state index in [1.807, 2.05) is 0 Å². The molecule has 0 aliphatic rings. The fourth-order valence-corrected chi connectivity index (χ4v) is 1.61. The first-order chi connectivity index (χ1) is 9.67. The Bertz CT molecular complexity index is 587. The van der Waals surface area contributed by atoms with Gasteiger partial charge < -0.3 is 14.2 Å². The van der Waals surface area contributed by atoms with Gasteiger partial charge in [-0.25, -0.2) is 9.48 Å². The van der Waals surface area contributed by atoms with Gasteiger partial charge in [0.1, 0.15) is 11.5 Å². The number of rotatable bonds is 5. The average molecular weight is 277 g/mol. The summed E-state index contributed by atoms with van der Waals surface area (Å²) in [5.74, 6) is 0.730. The van der Waals surface area contributed by atoms with Gasteiger partial charge in [-0.3, -0.25) is 0 Å². The Kier molecular flexibility index (Phi) is 4.19. The van der Waals surface area contributed by atoms with E-state index in [4.69, 9.17) is 14.2 Å². The molecular weight excluding hydrogens is 262 g/mol. The highest BCUT2D eigenvalue weighted by Gasteiger charge is 2.13. The minimum Gasteiger partial charge on any atom is -0.497 e. The van der Waals surface area contributed by atoms with Crippen LogP contribution in [0.4, 0.5) is 0 Å². The lowest BCUT2D eigenvalue weighted by molar-refractivity contribution is 0.0519. The van der Waals surface area contributed by atoms with Crippen molar-refractivity contribution in [3.05, 3.63) is 30.1 Å². The molecule has 0 unspecified atom stereocenters. The quantitative estimate of drug-likeness (QED) is 0.770. The summed E-state index contributed by atoms with van der Waals surface area (Å²) < 4.78 is 16.7. The molecule has 106 valence electrons. The predicted octanol–water partition coefficient (Wildman–Crippen LogP) is 1.46. The summed E-state index contributed by atoms with van der Waals surface area (Å²) in [6, 6.07) is 5.25. The van der Waals surface area contributed by atoms with Crippen molar-refractivity contribution >= 4 is 5.97 Å². The van der Waals surface area contributed by atoms with E-state index < -0.39 is 5.97 Å². The van der Waals surface area contributed by atoms with E-state index in [9.17, 15) is 4.79 Å². The Balaban J connectivity index is 2.34. The molecule has 0 spiro atoms. The summed E-state index contributed by atoms with van der Waals surface area (Å²) in [5.41, 5.74) is 0.817. The van der Waals surface area contributed by atoms with Crippen LogP contribution in [-0.4, -0.2) is 41.8 Å². The number of ether oxygens (including phenoxy) is 3. The van der Waals surface area contributed by atoms with Gasteiger partial charge in [0.15, 0.2) is 5.69 Å². The van der Waals surface area contributed by atoms with Crippen LogP contribution in [0.2, 0.25) is 0 Å². The lowest BCUT2D eigenvalue weighted by atomic mass is 10.3. The van der Waals surface area contributed by atoms with E-state index in [1.165, 1.54) is 10.9 Å². The summed E-state index contributed by atoms with van der Waals surface area (Å²) in [7, 11) is 3.12. The monoisotopic (exact) mass is 277 g/mol. The van der Waals surface area contributed by atoms with Gasteiger partial charge in [0.05, 0.1) is 32.7 Å². The van der Waals surface area contributed by atoms with E-state index in [-0.39, 0.29) is 5.69 Å². The molecule has 0 fully saturated rings. The molecular formula is C13H15N3O4. The van der Waals surface area contributed by atoms with E-state index in [0.717, 1.165) is 0 Å². The maximum atomic E-state index is 11.5. The Labute approximate surface area is 116 Å². The predicted molar refractivity (Wildman–Crippen MR) is 70.4 cm³/mol. The van der Waals surface area contributed by atoms with Crippen molar-refractivity contribution in [1.82, 2.24) is 15.0 Å². The van der Waals surface area contributed by atoms with Crippen molar-refractivity contribution in [2.24, 2.45) is 0 Å². The largest absolute Gasteiger partial charge is 0.497 e. The number of methoxy groups -OCH3 is 2. The zero-order valence-electron chi connectivity index (χ0n) is 11.5. The van der Waals surface area contributed by atoms with E-state index in [2.05, 4.69) is 10.3 Å². The summed E-state index contributed by atoms with van der Waals surface area (Å²) in [5, 5.41) is 7.67. The third-order valence-electron chi connectivity index (χ3n) is 2.58. The maximum Gasteiger partial charge on any atom is 0.360 e. The number of carbonyl (C=O) groups excluding carboxylic acids is 1. The molecule has 0 radical (unpaired) electrons. The smallest absolute Gasteiger partial charge is 0.360 e. The van der Waals surface area contributed by atoms with Crippen molar-refractivity contribution < 1.29 is 19.0 Å². The molecule has 2 aromatic rings. The lowest BCUT2D eigenvalue weighted by Crippen LogP contribution is -2.04. The molecule has 20 heavy (non-hydrogen) atoms. The van der Waals surface area contributed by atoms with E-state index in [1.54, 1.807) is 39.3 Å². The van der Waals surface area contributed by atoms with Crippen LogP contribution in [0.25, 0.3) is 5.69 Å². The second-order valence-electron chi connectivity index (χ2n) is 3.84. The summed E-state index contributed by atoms with van der Waals surface area (Å²) in [6.45, 7) is 2.02. The van der Waals surface area contributed by atoms with E-state index in [0.29, 0.717) is 23.8 Å². The third-order valence-corrected chi connectivity index (χ3v) is 2.58. The van der Waals surface area contributed by atoms with Crippen molar-refractivity contribution in [2.75, 3.05) is 20.8 Å². The summed E-state index contributed by atoms with van der Waals surface area (Å²) in [4.78, 5) is 11.5.